The summed E-state index contributed by atoms with van der Waals surface area (Å²) in [6.07, 6.45) is -0.754. The van der Waals surface area contributed by atoms with Crippen LogP contribution in [0, 0.1) is 5.92 Å². The topological polar surface area (TPSA) is 193 Å². The summed E-state index contributed by atoms with van der Waals surface area (Å²) in [5.41, 5.74) is -1.00. The van der Waals surface area contributed by atoms with Gasteiger partial charge in [-0.05, 0) is 64.5 Å². The number of hydrogen-bond donors (Lipinski definition) is 4. The van der Waals surface area contributed by atoms with E-state index in [-0.39, 0.29) is 25.3 Å². The molecule has 6 atom stereocenters. The summed E-state index contributed by atoms with van der Waals surface area (Å²) < 4.78 is 39.3. The minimum atomic E-state index is -3.93. The number of amides is 4. The van der Waals surface area contributed by atoms with Gasteiger partial charge >= 0.3 is 6.09 Å². The number of carbonyl (C=O) groups is 4. The van der Waals surface area contributed by atoms with Gasteiger partial charge in [-0.3, -0.25) is 19.1 Å². The largest absolute Gasteiger partial charge is 0.472 e. The Morgan fingerprint density at radius 3 is 2.38 bits per heavy atom. The van der Waals surface area contributed by atoms with Gasteiger partial charge in [-0.2, -0.15) is 0 Å². The Morgan fingerprint density at radius 1 is 1.08 bits per heavy atom. The summed E-state index contributed by atoms with van der Waals surface area (Å²) in [7, 11) is -3.93. The molecule has 2 aliphatic carbocycles. The maximum atomic E-state index is 14.2. The number of fused-ring (bicyclic) bond motifs is 1. The zero-order chi connectivity index (χ0) is 38.3. The standard InChI is InChI=1S/C38H45N5O9S/c1-6-25-20-38(25,35(47)42-53(49,50)27-16-17-27)41-32(45)30-19-26(21-43(30)34(46)31(22(2)44)40-36(48)52-37(3,4)5)51-33-28-15-11-10-14-24(28)18-29(39-33)23-12-8-7-9-13-23/h6-15,18,22,25-27,30-31,44H,1,16-17,19-21H2,2-5H3,(H,40,48)(H,41,45)(H,42,47)/t22-,25+,26?,30-,31-,38+/m0/s1. The molecule has 1 saturated heterocycles. The molecule has 2 aromatic carbocycles. The molecule has 3 aliphatic rings. The van der Waals surface area contributed by atoms with Crippen LogP contribution in [0.1, 0.15) is 53.4 Å². The lowest BCUT2D eigenvalue weighted by Gasteiger charge is -2.31. The van der Waals surface area contributed by atoms with Crippen LogP contribution in [0.2, 0.25) is 0 Å². The van der Waals surface area contributed by atoms with Crippen molar-refractivity contribution in [2.75, 3.05) is 6.54 Å². The number of hydrogen-bond acceptors (Lipinski definition) is 10. The summed E-state index contributed by atoms with van der Waals surface area (Å²) in [4.78, 5) is 60.7. The molecule has 0 radical (unpaired) electrons. The molecule has 0 spiro atoms. The van der Waals surface area contributed by atoms with Crippen LogP contribution in [0.15, 0.2) is 73.3 Å². The van der Waals surface area contributed by atoms with Crippen LogP contribution in [0.4, 0.5) is 4.79 Å². The minimum Gasteiger partial charge on any atom is -0.472 e. The van der Waals surface area contributed by atoms with E-state index in [9.17, 15) is 32.7 Å². The van der Waals surface area contributed by atoms with E-state index in [1.165, 1.54) is 17.9 Å². The predicted octanol–water partition coefficient (Wildman–Crippen LogP) is 3.19. The quantitative estimate of drug-likeness (QED) is 0.200. The first-order chi connectivity index (χ1) is 25.0. The maximum absolute atomic E-state index is 14.2. The molecular formula is C38H45N5O9S. The molecule has 2 saturated carbocycles. The van der Waals surface area contributed by atoms with Gasteiger partial charge in [0, 0.05) is 23.3 Å². The molecule has 6 rings (SSSR count). The van der Waals surface area contributed by atoms with Gasteiger partial charge in [-0.15, -0.1) is 6.58 Å². The highest BCUT2D eigenvalue weighted by molar-refractivity contribution is 7.91. The third kappa shape index (κ3) is 8.31. The van der Waals surface area contributed by atoms with Crippen LogP contribution in [0.5, 0.6) is 5.88 Å². The molecule has 0 bridgehead atoms. The number of alkyl carbamates (subject to hydrolysis) is 1. The molecule has 4 amide bonds. The summed E-state index contributed by atoms with van der Waals surface area (Å²) in [6.45, 7) is 9.86. The highest BCUT2D eigenvalue weighted by Gasteiger charge is 2.62. The van der Waals surface area contributed by atoms with Crippen molar-refractivity contribution < 1.29 is 42.2 Å². The lowest BCUT2D eigenvalue weighted by atomic mass is 10.1. The van der Waals surface area contributed by atoms with Gasteiger partial charge in [0.2, 0.25) is 27.7 Å². The number of aliphatic hydroxyl groups excluding tert-OH is 1. The summed E-state index contributed by atoms with van der Waals surface area (Å²) in [6, 6.07) is 16.2. The normalized spacial score (nSPS) is 23.7. The van der Waals surface area contributed by atoms with E-state index in [1.54, 1.807) is 20.8 Å². The Labute approximate surface area is 308 Å². The number of aromatic nitrogens is 1. The molecule has 2 heterocycles. The molecule has 15 heteroatoms. The van der Waals surface area contributed by atoms with Crippen LogP contribution in [-0.2, 0) is 29.1 Å². The van der Waals surface area contributed by atoms with Crippen LogP contribution >= 0.6 is 0 Å². The Kier molecular flexibility index (Phi) is 10.3. The number of aliphatic hydroxyl groups is 1. The van der Waals surface area contributed by atoms with E-state index in [0.29, 0.717) is 23.9 Å². The van der Waals surface area contributed by atoms with Gasteiger partial charge in [0.25, 0.3) is 5.91 Å². The van der Waals surface area contributed by atoms with Crippen molar-refractivity contribution in [1.82, 2.24) is 25.2 Å². The van der Waals surface area contributed by atoms with Gasteiger partial charge in [0.1, 0.15) is 29.3 Å². The average molecular weight is 748 g/mol. The first kappa shape index (κ1) is 37.7. The van der Waals surface area contributed by atoms with Crippen molar-refractivity contribution in [3.8, 4) is 17.1 Å². The fourth-order valence-electron chi connectivity index (χ4n) is 6.57. The predicted molar refractivity (Wildman–Crippen MR) is 196 cm³/mol. The van der Waals surface area contributed by atoms with Crippen LogP contribution in [-0.4, -0.2) is 94.4 Å². The Hall–Kier alpha value is -5.02. The van der Waals surface area contributed by atoms with Crippen molar-refractivity contribution in [2.24, 2.45) is 5.92 Å². The molecule has 3 fully saturated rings. The van der Waals surface area contributed by atoms with Crippen molar-refractivity contribution in [2.45, 2.75) is 94.1 Å². The Morgan fingerprint density at radius 2 is 1.75 bits per heavy atom. The third-order valence-electron chi connectivity index (χ3n) is 9.57. The Bertz CT molecular complexity index is 2030. The monoisotopic (exact) mass is 747 g/mol. The minimum absolute atomic E-state index is 0.0566. The summed E-state index contributed by atoms with van der Waals surface area (Å²) in [5, 5.41) is 16.7. The van der Waals surface area contributed by atoms with Crippen molar-refractivity contribution in [1.29, 1.82) is 0 Å². The molecule has 1 aliphatic heterocycles. The zero-order valence-electron chi connectivity index (χ0n) is 30.1. The lowest BCUT2D eigenvalue weighted by molar-refractivity contribution is -0.142. The van der Waals surface area contributed by atoms with Crippen LogP contribution in [0.3, 0.4) is 0 Å². The molecule has 4 N–H and O–H groups in total. The summed E-state index contributed by atoms with van der Waals surface area (Å²) >= 11 is 0. The summed E-state index contributed by atoms with van der Waals surface area (Å²) in [5.74, 6) is -2.71. The number of ether oxygens (including phenoxy) is 2. The second-order valence-electron chi connectivity index (χ2n) is 14.9. The first-order valence-corrected chi connectivity index (χ1v) is 19.2. The van der Waals surface area contributed by atoms with Gasteiger partial charge in [-0.25, -0.2) is 18.2 Å². The fourth-order valence-corrected chi connectivity index (χ4v) is 7.93. The number of likely N-dealkylation sites (tertiary alicyclic amines) is 1. The van der Waals surface area contributed by atoms with Gasteiger partial charge in [0.05, 0.1) is 23.6 Å². The SMILES string of the molecule is C=C[C@@H]1C[C@]1(NC(=O)[C@@H]1CC(Oc2nc(-c3ccccc3)cc3ccccc23)CN1C(=O)[C@@H](NC(=O)OC(C)(C)C)[C@H](C)O)C(=O)NS(=O)(=O)C1CC1. The van der Waals surface area contributed by atoms with Crippen molar-refractivity contribution >= 4 is 44.6 Å². The number of rotatable bonds is 12. The van der Waals surface area contributed by atoms with Crippen molar-refractivity contribution in [3.05, 3.63) is 73.3 Å². The highest BCUT2D eigenvalue weighted by atomic mass is 32.2. The third-order valence-corrected chi connectivity index (χ3v) is 11.4. The smallest absolute Gasteiger partial charge is 0.408 e. The van der Waals surface area contributed by atoms with Gasteiger partial charge in [-0.1, -0.05) is 54.6 Å². The average Bonchev–Trinajstić information content (AvgIpc) is 4.03. The first-order valence-electron chi connectivity index (χ1n) is 17.6. The van der Waals surface area contributed by atoms with E-state index in [2.05, 4.69) is 21.9 Å². The van der Waals surface area contributed by atoms with Crippen LogP contribution < -0.4 is 20.1 Å². The molecular weight excluding hydrogens is 703 g/mol. The van der Waals surface area contributed by atoms with E-state index in [4.69, 9.17) is 14.5 Å². The number of nitrogens with one attached hydrogen (secondary N) is 3. The second kappa shape index (κ2) is 14.4. The number of benzene rings is 2. The van der Waals surface area contributed by atoms with E-state index in [1.807, 2.05) is 60.7 Å². The number of sulfonamides is 1. The Balaban J connectivity index is 1.31. The number of nitrogens with zero attached hydrogens (tertiary/aromatic N) is 2. The van der Waals surface area contributed by atoms with E-state index < -0.39 is 80.4 Å². The lowest BCUT2D eigenvalue weighted by Crippen LogP contribution is -2.60. The number of pyridine rings is 1. The second-order valence-corrected chi connectivity index (χ2v) is 16.9. The maximum Gasteiger partial charge on any atom is 0.408 e. The molecule has 14 nitrogen and oxygen atoms in total. The molecule has 1 aromatic heterocycles. The van der Waals surface area contributed by atoms with Gasteiger partial charge < -0.3 is 30.1 Å². The molecule has 282 valence electrons. The van der Waals surface area contributed by atoms with E-state index in [0.717, 1.165) is 10.9 Å². The molecule has 53 heavy (non-hydrogen) atoms. The van der Waals surface area contributed by atoms with Gasteiger partial charge in [0.15, 0.2) is 0 Å². The molecule has 3 aromatic rings. The van der Waals surface area contributed by atoms with Crippen LogP contribution in [0.25, 0.3) is 22.0 Å². The molecule has 1 unspecified atom stereocenters. The number of carbonyl (C=O) groups excluding carboxylic acids is 4. The zero-order valence-corrected chi connectivity index (χ0v) is 30.9. The van der Waals surface area contributed by atoms with Crippen molar-refractivity contribution in [3.63, 3.8) is 0 Å². The van der Waals surface area contributed by atoms with E-state index >= 15 is 0 Å². The highest BCUT2D eigenvalue weighted by Crippen LogP contribution is 2.45. The fraction of sp³-hybridized carbons (Fsp3) is 0.447.